The third-order valence-electron chi connectivity index (χ3n) is 4.51. The topological polar surface area (TPSA) is 79.7 Å². The summed E-state index contributed by atoms with van der Waals surface area (Å²) in [7, 11) is 5.09. The van der Waals surface area contributed by atoms with E-state index in [9.17, 15) is 9.59 Å². The Labute approximate surface area is 158 Å². The van der Waals surface area contributed by atoms with Crippen LogP contribution in [-0.2, 0) is 30.8 Å². The summed E-state index contributed by atoms with van der Waals surface area (Å²) in [6, 6.07) is 9.42. The van der Waals surface area contributed by atoms with E-state index in [0.717, 1.165) is 17.0 Å². The number of rotatable bonds is 5. The molecule has 0 fully saturated rings. The molecule has 1 aromatic carbocycles. The van der Waals surface area contributed by atoms with Gasteiger partial charge in [-0.2, -0.15) is 5.10 Å². The zero-order valence-electron chi connectivity index (χ0n) is 15.9. The number of carbonyl (C=O) groups is 2. The molecule has 0 atom stereocenters. The largest absolute Gasteiger partial charge is 0.496 e. The summed E-state index contributed by atoms with van der Waals surface area (Å²) in [6.45, 7) is 2.17. The lowest BCUT2D eigenvalue weighted by Crippen LogP contribution is -2.43. The number of hydrogen-bond donors (Lipinski definition) is 1. The summed E-state index contributed by atoms with van der Waals surface area (Å²) in [5.74, 6) is 0.616. The van der Waals surface area contributed by atoms with Gasteiger partial charge in [-0.15, -0.1) is 0 Å². The Hall–Kier alpha value is -3.03. The molecule has 144 valence electrons. The third-order valence-corrected chi connectivity index (χ3v) is 4.51. The number of fused-ring (bicyclic) bond motifs is 1. The van der Waals surface area contributed by atoms with E-state index >= 15 is 0 Å². The van der Waals surface area contributed by atoms with Crippen molar-refractivity contribution in [2.75, 3.05) is 27.7 Å². The van der Waals surface area contributed by atoms with E-state index in [1.54, 1.807) is 31.0 Å². The summed E-state index contributed by atoms with van der Waals surface area (Å²) >= 11 is 0. The highest BCUT2D eigenvalue weighted by molar-refractivity contribution is 5.79. The van der Waals surface area contributed by atoms with Crippen molar-refractivity contribution in [1.82, 2.24) is 24.9 Å². The van der Waals surface area contributed by atoms with Crippen molar-refractivity contribution in [3.8, 4) is 5.75 Å². The van der Waals surface area contributed by atoms with Crippen molar-refractivity contribution >= 4 is 11.9 Å². The molecular weight excluding hydrogens is 346 g/mol. The lowest BCUT2D eigenvalue weighted by molar-refractivity contribution is -0.120. The number of benzene rings is 1. The average Bonchev–Trinajstić information content (AvgIpc) is 3.08. The second-order valence-corrected chi connectivity index (χ2v) is 6.71. The minimum Gasteiger partial charge on any atom is -0.496 e. The minimum atomic E-state index is -0.0881. The van der Waals surface area contributed by atoms with Crippen LogP contribution in [0.4, 0.5) is 4.79 Å². The van der Waals surface area contributed by atoms with Crippen LogP contribution in [0.25, 0.3) is 0 Å². The molecule has 8 nitrogen and oxygen atoms in total. The van der Waals surface area contributed by atoms with Crippen LogP contribution < -0.4 is 10.1 Å². The van der Waals surface area contributed by atoms with Crippen molar-refractivity contribution in [3.63, 3.8) is 0 Å². The van der Waals surface area contributed by atoms with E-state index in [1.165, 1.54) is 0 Å². The van der Waals surface area contributed by atoms with Gasteiger partial charge < -0.3 is 19.9 Å². The normalized spacial score (nSPS) is 13.1. The van der Waals surface area contributed by atoms with E-state index < -0.39 is 0 Å². The summed E-state index contributed by atoms with van der Waals surface area (Å²) in [4.78, 5) is 27.7. The van der Waals surface area contributed by atoms with Crippen molar-refractivity contribution in [2.24, 2.45) is 0 Å². The van der Waals surface area contributed by atoms with Gasteiger partial charge in [0.2, 0.25) is 5.91 Å². The predicted molar refractivity (Wildman–Crippen MR) is 100 cm³/mol. The molecule has 0 saturated carbocycles. The Bertz CT molecular complexity index is 831. The maximum absolute atomic E-state index is 12.3. The number of methoxy groups -OCH3 is 1. The first kappa shape index (κ1) is 18.8. The molecule has 2 aromatic rings. The van der Waals surface area contributed by atoms with Gasteiger partial charge in [0.1, 0.15) is 5.75 Å². The first-order valence-corrected chi connectivity index (χ1v) is 8.88. The fraction of sp³-hybridized carbons (Fsp3) is 0.421. The first-order valence-electron chi connectivity index (χ1n) is 8.88. The number of aromatic nitrogens is 2. The summed E-state index contributed by atoms with van der Waals surface area (Å²) in [5.41, 5.74) is 2.61. The molecule has 3 amide bonds. The minimum absolute atomic E-state index is 0.00545. The van der Waals surface area contributed by atoms with Gasteiger partial charge in [0.05, 0.1) is 44.6 Å². The summed E-state index contributed by atoms with van der Waals surface area (Å²) in [6.07, 6.45) is 0.253. The summed E-state index contributed by atoms with van der Waals surface area (Å²) < 4.78 is 7.18. The van der Waals surface area contributed by atoms with Gasteiger partial charge in [0.25, 0.3) is 0 Å². The Morgan fingerprint density at radius 2 is 2.04 bits per heavy atom. The summed E-state index contributed by atoms with van der Waals surface area (Å²) in [5, 5.41) is 7.43. The van der Waals surface area contributed by atoms with Crippen molar-refractivity contribution in [3.05, 3.63) is 47.3 Å². The first-order chi connectivity index (χ1) is 13.0. The molecule has 1 aliphatic rings. The predicted octanol–water partition coefficient (Wildman–Crippen LogP) is 1.25. The van der Waals surface area contributed by atoms with Crippen LogP contribution in [0.1, 0.15) is 17.0 Å². The van der Waals surface area contributed by atoms with Gasteiger partial charge >= 0.3 is 6.03 Å². The second-order valence-electron chi connectivity index (χ2n) is 6.71. The van der Waals surface area contributed by atoms with E-state index in [2.05, 4.69) is 10.4 Å². The Morgan fingerprint density at radius 3 is 2.78 bits per heavy atom. The lowest BCUT2D eigenvalue weighted by atomic mass is 10.1. The van der Waals surface area contributed by atoms with Gasteiger partial charge in [-0.05, 0) is 12.1 Å². The molecule has 1 aliphatic heterocycles. The lowest BCUT2D eigenvalue weighted by Gasteiger charge is -2.29. The second kappa shape index (κ2) is 8.11. The molecule has 0 spiro atoms. The number of hydrogen-bond acceptors (Lipinski definition) is 4. The van der Waals surface area contributed by atoms with Crippen molar-refractivity contribution < 1.29 is 14.3 Å². The highest BCUT2D eigenvalue weighted by Gasteiger charge is 2.23. The maximum atomic E-state index is 12.3. The van der Waals surface area contributed by atoms with Gasteiger partial charge in [-0.1, -0.05) is 18.2 Å². The number of amides is 3. The number of ether oxygens (including phenoxy) is 1. The van der Waals surface area contributed by atoms with Crippen LogP contribution in [-0.4, -0.2) is 59.3 Å². The van der Waals surface area contributed by atoms with Gasteiger partial charge in [0, 0.05) is 26.2 Å². The number of nitrogens with one attached hydrogen (secondary N) is 1. The van der Waals surface area contributed by atoms with E-state index in [-0.39, 0.29) is 18.4 Å². The van der Waals surface area contributed by atoms with Crippen molar-refractivity contribution in [1.29, 1.82) is 0 Å². The molecule has 8 heteroatoms. The smallest absolute Gasteiger partial charge is 0.319 e. The molecule has 0 aliphatic carbocycles. The molecule has 0 bridgehead atoms. The Morgan fingerprint density at radius 1 is 1.26 bits per heavy atom. The van der Waals surface area contributed by atoms with Gasteiger partial charge in [0.15, 0.2) is 0 Å². The van der Waals surface area contributed by atoms with E-state index in [0.29, 0.717) is 31.9 Å². The number of carbonyl (C=O) groups excluding carboxylic acids is 2. The van der Waals surface area contributed by atoms with Gasteiger partial charge in [-0.25, -0.2) is 4.79 Å². The number of para-hydroxylation sites is 1. The number of urea groups is 1. The van der Waals surface area contributed by atoms with Crippen LogP contribution in [0.3, 0.4) is 0 Å². The van der Waals surface area contributed by atoms with Gasteiger partial charge in [-0.3, -0.25) is 9.48 Å². The Balaban J connectivity index is 1.57. The number of nitrogens with zero attached hydrogens (tertiary/aromatic N) is 4. The molecule has 3 rings (SSSR count). The standard InChI is InChI=1S/C19H25N5O3/c1-22(2)19(26)23-8-9-24-16(13-23)11-15(21-24)12-20-18(25)10-14-6-4-5-7-17(14)27-3/h4-7,11H,8-10,12-13H2,1-3H3,(H,20,25). The molecule has 2 heterocycles. The van der Waals surface area contributed by atoms with Crippen LogP contribution >= 0.6 is 0 Å². The van der Waals surface area contributed by atoms with Crippen LogP contribution in [0.2, 0.25) is 0 Å². The van der Waals surface area contributed by atoms with Crippen molar-refractivity contribution in [2.45, 2.75) is 26.1 Å². The molecule has 0 unspecified atom stereocenters. The maximum Gasteiger partial charge on any atom is 0.319 e. The molecule has 27 heavy (non-hydrogen) atoms. The molecule has 1 aromatic heterocycles. The third kappa shape index (κ3) is 4.39. The molecule has 0 saturated heterocycles. The molecular formula is C19H25N5O3. The highest BCUT2D eigenvalue weighted by atomic mass is 16.5. The van der Waals surface area contributed by atoms with E-state index in [1.807, 2.05) is 35.0 Å². The molecule has 1 N–H and O–H groups in total. The van der Waals surface area contributed by atoms with Crippen LogP contribution in [0, 0.1) is 0 Å². The molecule has 0 radical (unpaired) electrons. The fourth-order valence-corrected chi connectivity index (χ4v) is 3.13. The average molecular weight is 371 g/mol. The Kier molecular flexibility index (Phi) is 5.63. The van der Waals surface area contributed by atoms with E-state index in [4.69, 9.17) is 4.74 Å². The zero-order valence-corrected chi connectivity index (χ0v) is 15.9. The quantitative estimate of drug-likeness (QED) is 0.858. The monoisotopic (exact) mass is 371 g/mol. The zero-order chi connectivity index (χ0) is 19.4. The SMILES string of the molecule is COc1ccccc1CC(=O)NCc1cc2n(n1)CCN(C(=O)N(C)C)C2. The highest BCUT2D eigenvalue weighted by Crippen LogP contribution is 2.18. The van der Waals surface area contributed by atoms with Crippen LogP contribution in [0.5, 0.6) is 5.75 Å². The fourth-order valence-electron chi connectivity index (χ4n) is 3.13. The van der Waals surface area contributed by atoms with Crippen LogP contribution in [0.15, 0.2) is 30.3 Å².